The van der Waals surface area contributed by atoms with Gasteiger partial charge in [-0.15, -0.1) is 0 Å². The maximum absolute atomic E-state index is 12.1. The third-order valence-corrected chi connectivity index (χ3v) is 4.64. The van der Waals surface area contributed by atoms with Crippen molar-refractivity contribution >= 4 is 5.91 Å². The summed E-state index contributed by atoms with van der Waals surface area (Å²) in [5, 5.41) is 9.87. The Morgan fingerprint density at radius 2 is 2.52 bits per heavy atom. The second-order valence-electron chi connectivity index (χ2n) is 5.96. The van der Waals surface area contributed by atoms with Crippen LogP contribution in [0.1, 0.15) is 24.8 Å². The number of nitrogens with zero attached hydrogens (tertiary/aromatic N) is 1. The number of aromatic nitrogens is 2. The number of carbonyl (C=O) groups is 1. The number of aryl methyl sites for hydroxylation is 1. The molecule has 1 aliphatic carbocycles. The number of aromatic amines is 1. The monoisotopic (exact) mass is 293 g/mol. The minimum absolute atomic E-state index is 0.134. The first-order chi connectivity index (χ1) is 10.3. The summed E-state index contributed by atoms with van der Waals surface area (Å²) in [5.41, 5.74) is 1.15. The van der Waals surface area contributed by atoms with E-state index in [0.717, 1.165) is 31.4 Å². The predicted molar refractivity (Wildman–Crippen MR) is 76.7 cm³/mol. The molecule has 0 bridgehead atoms. The van der Waals surface area contributed by atoms with Gasteiger partial charge < -0.3 is 14.8 Å². The Hall–Kier alpha value is -1.40. The number of hydrogen-bond donors (Lipinski definition) is 2. The predicted octanol–water partition coefficient (Wildman–Crippen LogP) is 0.898. The van der Waals surface area contributed by atoms with E-state index in [1.807, 2.05) is 6.20 Å². The van der Waals surface area contributed by atoms with Gasteiger partial charge >= 0.3 is 0 Å². The van der Waals surface area contributed by atoms with Crippen molar-refractivity contribution in [3.05, 3.63) is 18.0 Å². The molecule has 1 aromatic rings. The first-order valence-electron chi connectivity index (χ1n) is 7.67. The van der Waals surface area contributed by atoms with E-state index in [0.29, 0.717) is 24.9 Å². The van der Waals surface area contributed by atoms with Crippen molar-refractivity contribution in [2.45, 2.75) is 37.8 Å². The molecule has 0 unspecified atom stereocenters. The van der Waals surface area contributed by atoms with E-state index in [4.69, 9.17) is 9.47 Å². The topological polar surface area (TPSA) is 76.2 Å². The quantitative estimate of drug-likeness (QED) is 0.783. The lowest BCUT2D eigenvalue weighted by Crippen LogP contribution is -2.62. The molecule has 6 nitrogen and oxygen atoms in total. The normalized spacial score (nSPS) is 30.7. The number of ether oxygens (including phenoxy) is 2. The fourth-order valence-electron chi connectivity index (χ4n) is 3.56. The Kier molecular flexibility index (Phi) is 4.55. The van der Waals surface area contributed by atoms with Crippen LogP contribution in [0.25, 0.3) is 0 Å². The Balaban J connectivity index is 1.43. The van der Waals surface area contributed by atoms with Crippen LogP contribution in [-0.4, -0.2) is 48.6 Å². The van der Waals surface area contributed by atoms with Crippen molar-refractivity contribution in [1.29, 1.82) is 0 Å². The molecule has 0 radical (unpaired) electrons. The maximum atomic E-state index is 12.1. The molecule has 2 heterocycles. The summed E-state index contributed by atoms with van der Waals surface area (Å²) in [4.78, 5) is 12.1. The number of nitrogens with one attached hydrogen (secondary N) is 2. The van der Waals surface area contributed by atoms with E-state index in [1.54, 1.807) is 13.3 Å². The van der Waals surface area contributed by atoms with Gasteiger partial charge in [0.15, 0.2) is 0 Å². The second kappa shape index (κ2) is 6.58. The van der Waals surface area contributed by atoms with Gasteiger partial charge in [-0.25, -0.2) is 0 Å². The lowest BCUT2D eigenvalue weighted by atomic mass is 9.67. The van der Waals surface area contributed by atoms with Crippen molar-refractivity contribution in [2.75, 3.05) is 20.3 Å². The molecule has 21 heavy (non-hydrogen) atoms. The third-order valence-electron chi connectivity index (χ3n) is 4.64. The summed E-state index contributed by atoms with van der Waals surface area (Å²) in [5.74, 6) is 0.915. The zero-order chi connectivity index (χ0) is 14.7. The van der Waals surface area contributed by atoms with E-state index in [-0.39, 0.29) is 18.1 Å². The molecular weight excluding hydrogens is 270 g/mol. The van der Waals surface area contributed by atoms with Gasteiger partial charge in [-0.2, -0.15) is 5.10 Å². The van der Waals surface area contributed by atoms with Gasteiger partial charge in [-0.05, 0) is 24.8 Å². The molecule has 4 atom stereocenters. The molecule has 1 aliphatic heterocycles. The lowest BCUT2D eigenvalue weighted by Gasteiger charge is -2.47. The van der Waals surface area contributed by atoms with Crippen LogP contribution in [0.4, 0.5) is 0 Å². The molecule has 2 aliphatic rings. The van der Waals surface area contributed by atoms with Gasteiger partial charge in [-0.1, -0.05) is 0 Å². The van der Waals surface area contributed by atoms with Crippen molar-refractivity contribution < 1.29 is 14.3 Å². The van der Waals surface area contributed by atoms with Crippen molar-refractivity contribution in [1.82, 2.24) is 15.5 Å². The van der Waals surface area contributed by atoms with Gasteiger partial charge in [-0.3, -0.25) is 9.89 Å². The van der Waals surface area contributed by atoms with E-state index in [1.165, 1.54) is 0 Å². The lowest BCUT2D eigenvalue weighted by molar-refractivity contribution is -0.129. The second-order valence-corrected chi connectivity index (χ2v) is 5.96. The van der Waals surface area contributed by atoms with Crippen molar-refractivity contribution in [3.63, 3.8) is 0 Å². The molecule has 2 N–H and O–H groups in total. The van der Waals surface area contributed by atoms with E-state index >= 15 is 0 Å². The minimum Gasteiger partial charge on any atom is -0.384 e. The van der Waals surface area contributed by atoms with E-state index < -0.39 is 0 Å². The summed E-state index contributed by atoms with van der Waals surface area (Å²) >= 11 is 0. The summed E-state index contributed by atoms with van der Waals surface area (Å²) in [6.07, 6.45) is 7.28. The molecule has 1 amide bonds. The smallest absolute Gasteiger partial charge is 0.220 e. The zero-order valence-electron chi connectivity index (χ0n) is 12.4. The molecule has 0 aromatic carbocycles. The minimum atomic E-state index is 0.134. The Morgan fingerprint density at radius 3 is 3.29 bits per heavy atom. The first kappa shape index (κ1) is 14.5. The van der Waals surface area contributed by atoms with Crippen LogP contribution in [0, 0.1) is 11.8 Å². The van der Waals surface area contributed by atoms with Crippen LogP contribution in [0.15, 0.2) is 12.4 Å². The highest BCUT2D eigenvalue weighted by atomic mass is 16.5. The van der Waals surface area contributed by atoms with Crippen LogP contribution in [-0.2, 0) is 20.7 Å². The maximum Gasteiger partial charge on any atom is 0.220 e. The first-order valence-corrected chi connectivity index (χ1v) is 7.67. The van der Waals surface area contributed by atoms with Crippen molar-refractivity contribution in [2.24, 2.45) is 11.8 Å². The van der Waals surface area contributed by atoms with Crippen LogP contribution >= 0.6 is 0 Å². The standard InChI is InChI=1S/C15H23N3O3/c1-20-9-12-14(11-5-6-21-15(11)12)18-13(19)4-2-3-10-7-16-17-8-10/h7-8,11-12,14-15H,2-6,9H2,1H3,(H,16,17)(H,18,19)/t11-,12+,14-,15-/m0/s1. The Bertz CT molecular complexity index is 463. The molecule has 6 heteroatoms. The number of methoxy groups -OCH3 is 1. The van der Waals surface area contributed by atoms with Gasteiger partial charge in [0.25, 0.3) is 0 Å². The number of amides is 1. The average Bonchev–Trinajstić information content (AvgIpc) is 3.12. The molecule has 2 fully saturated rings. The van der Waals surface area contributed by atoms with Crippen LogP contribution < -0.4 is 5.32 Å². The highest BCUT2D eigenvalue weighted by molar-refractivity contribution is 5.76. The number of fused-ring (bicyclic) bond motifs is 1. The SMILES string of the molecule is COC[C@@H]1[C@@H](NC(=O)CCCc2cn[nH]c2)[C@@H]2CCO[C@H]12. The molecule has 1 saturated carbocycles. The molecular formula is C15H23N3O3. The summed E-state index contributed by atoms with van der Waals surface area (Å²) in [6, 6.07) is 0.221. The molecule has 0 spiro atoms. The molecule has 1 aromatic heterocycles. The average molecular weight is 293 g/mol. The number of hydrogen-bond acceptors (Lipinski definition) is 4. The molecule has 116 valence electrons. The highest BCUT2D eigenvalue weighted by Crippen LogP contribution is 2.43. The largest absolute Gasteiger partial charge is 0.384 e. The highest BCUT2D eigenvalue weighted by Gasteiger charge is 2.54. The van der Waals surface area contributed by atoms with Gasteiger partial charge in [0.1, 0.15) is 0 Å². The van der Waals surface area contributed by atoms with Crippen LogP contribution in [0.2, 0.25) is 0 Å². The van der Waals surface area contributed by atoms with Crippen molar-refractivity contribution in [3.8, 4) is 0 Å². The Morgan fingerprint density at radius 1 is 1.62 bits per heavy atom. The summed E-state index contributed by atoms with van der Waals surface area (Å²) in [6.45, 7) is 1.46. The van der Waals surface area contributed by atoms with Gasteiger partial charge in [0, 0.05) is 44.2 Å². The van der Waals surface area contributed by atoms with Gasteiger partial charge in [0.2, 0.25) is 5.91 Å². The summed E-state index contributed by atoms with van der Waals surface area (Å²) < 4.78 is 11.0. The third kappa shape index (κ3) is 3.11. The van der Waals surface area contributed by atoms with Crippen LogP contribution in [0.3, 0.4) is 0 Å². The van der Waals surface area contributed by atoms with Gasteiger partial charge in [0.05, 0.1) is 18.9 Å². The summed E-state index contributed by atoms with van der Waals surface area (Å²) in [7, 11) is 1.70. The molecule has 3 rings (SSSR count). The van der Waals surface area contributed by atoms with E-state index in [9.17, 15) is 4.79 Å². The Labute approximate surface area is 124 Å². The number of H-pyrrole nitrogens is 1. The van der Waals surface area contributed by atoms with E-state index in [2.05, 4.69) is 15.5 Å². The zero-order valence-corrected chi connectivity index (χ0v) is 12.4. The number of carbonyl (C=O) groups excluding carboxylic acids is 1. The fraction of sp³-hybridized carbons (Fsp3) is 0.733. The fourth-order valence-corrected chi connectivity index (χ4v) is 3.56. The number of rotatable bonds is 7. The van der Waals surface area contributed by atoms with Crippen LogP contribution in [0.5, 0.6) is 0 Å². The molecule has 1 saturated heterocycles.